The van der Waals surface area contributed by atoms with E-state index in [2.05, 4.69) is 57.1 Å². The lowest BCUT2D eigenvalue weighted by atomic mass is 10.1. The third-order valence-corrected chi connectivity index (χ3v) is 8.93. The lowest BCUT2D eigenvalue weighted by molar-refractivity contribution is -0.192. The van der Waals surface area contributed by atoms with Gasteiger partial charge in [-0.15, -0.1) is 0 Å². The third kappa shape index (κ3) is 46.6. The average Bonchev–Trinajstić information content (AvgIpc) is 3.08. The fourth-order valence-corrected chi connectivity index (χ4v) is 5.83. The van der Waals surface area contributed by atoms with Crippen LogP contribution in [0.15, 0.2) is 24.3 Å². The molecule has 8 heteroatoms. The van der Waals surface area contributed by atoms with Gasteiger partial charge in [-0.05, 0) is 78.3 Å². The number of nitrogens with zero attached hydrogens (tertiary/aromatic N) is 1. The number of hydrogen-bond donors (Lipinski definition) is 1. The van der Waals surface area contributed by atoms with Gasteiger partial charge in [0.15, 0.2) is 0 Å². The molecule has 0 aliphatic carbocycles. The first kappa shape index (κ1) is 51.7. The van der Waals surface area contributed by atoms with Crippen LogP contribution >= 0.6 is 0 Å². The maximum atomic E-state index is 10.6. The van der Waals surface area contributed by atoms with Crippen LogP contribution < -0.4 is 0 Å². The Morgan fingerprint density at radius 1 is 0.569 bits per heavy atom. The number of ether oxygens (including phenoxy) is 2. The number of carboxylic acid groups (broad SMARTS) is 1. The van der Waals surface area contributed by atoms with Gasteiger partial charge in [0.05, 0.1) is 12.7 Å². The number of likely N-dealkylation sites (N-methyl/N-ethyl adjacent to an activating group) is 1. The van der Waals surface area contributed by atoms with Crippen LogP contribution in [0, 0.1) is 0 Å². The number of carbonyl (C=O) groups is 1. The van der Waals surface area contributed by atoms with E-state index in [1.165, 1.54) is 180 Å². The van der Waals surface area contributed by atoms with Crippen molar-refractivity contribution in [3.8, 4) is 0 Å². The lowest BCUT2D eigenvalue weighted by Gasteiger charge is -2.21. The summed E-state index contributed by atoms with van der Waals surface area (Å²) in [5.74, 6) is -2.76. The number of carboxylic acids is 1. The predicted molar refractivity (Wildman–Crippen MR) is 212 cm³/mol. The van der Waals surface area contributed by atoms with E-state index in [0.717, 1.165) is 26.4 Å². The van der Waals surface area contributed by atoms with E-state index in [1.807, 2.05) is 0 Å². The number of rotatable bonds is 37. The molecule has 1 N–H and O–H groups in total. The van der Waals surface area contributed by atoms with Crippen molar-refractivity contribution in [1.82, 2.24) is 4.90 Å². The van der Waals surface area contributed by atoms with Gasteiger partial charge in [-0.25, -0.2) is 4.79 Å². The molecule has 0 aliphatic heterocycles. The molecule has 51 heavy (non-hydrogen) atoms. The van der Waals surface area contributed by atoms with E-state index in [-0.39, 0.29) is 6.10 Å². The highest BCUT2D eigenvalue weighted by molar-refractivity contribution is 5.73. The molecule has 1 unspecified atom stereocenters. The number of alkyl halides is 3. The lowest BCUT2D eigenvalue weighted by Crippen LogP contribution is -2.32. The largest absolute Gasteiger partial charge is 0.490 e. The van der Waals surface area contributed by atoms with Crippen molar-refractivity contribution < 1.29 is 32.5 Å². The minimum atomic E-state index is -5.08. The van der Waals surface area contributed by atoms with Crippen molar-refractivity contribution in [2.45, 2.75) is 206 Å². The Morgan fingerprint density at radius 2 is 0.882 bits per heavy atom. The molecule has 0 amide bonds. The molecule has 0 heterocycles. The number of allylic oxidation sites excluding steroid dienone is 4. The van der Waals surface area contributed by atoms with E-state index >= 15 is 0 Å². The maximum Gasteiger partial charge on any atom is 0.490 e. The van der Waals surface area contributed by atoms with Gasteiger partial charge in [-0.2, -0.15) is 13.2 Å². The van der Waals surface area contributed by atoms with E-state index < -0.39 is 12.1 Å². The Bertz CT molecular complexity index is 758. The van der Waals surface area contributed by atoms with Crippen LogP contribution in [0.2, 0.25) is 0 Å². The smallest absolute Gasteiger partial charge is 0.475 e. The summed E-state index contributed by atoms with van der Waals surface area (Å²) >= 11 is 0. The van der Waals surface area contributed by atoms with Gasteiger partial charge in [-0.1, -0.05) is 154 Å². The molecule has 5 nitrogen and oxygen atoms in total. The zero-order valence-electron chi connectivity index (χ0n) is 33.8. The topological polar surface area (TPSA) is 59.0 Å². The van der Waals surface area contributed by atoms with Gasteiger partial charge < -0.3 is 19.5 Å². The van der Waals surface area contributed by atoms with Gasteiger partial charge in [0.25, 0.3) is 0 Å². The van der Waals surface area contributed by atoms with Gasteiger partial charge >= 0.3 is 12.1 Å². The van der Waals surface area contributed by atoms with Gasteiger partial charge in [-0.3, -0.25) is 0 Å². The molecule has 304 valence electrons. The minimum absolute atomic E-state index is 0.197. The molecule has 0 bridgehead atoms. The van der Waals surface area contributed by atoms with Crippen LogP contribution in [-0.4, -0.2) is 68.7 Å². The van der Waals surface area contributed by atoms with Gasteiger partial charge in [0, 0.05) is 19.8 Å². The van der Waals surface area contributed by atoms with Gasteiger partial charge in [0.2, 0.25) is 0 Å². The fraction of sp³-hybridized carbons (Fsp3) is 0.884. The standard InChI is InChI=1S/C41H81NO2.C2HF3O2/c1-5-7-9-11-13-15-17-19-21-23-25-27-29-31-33-35-37-43-40-41(39-42(3)4)44-38-36-34-32-30-28-26-24-22-20-18-16-14-12-10-8-6-2;3-2(4,5)1(6)7/h19-22,41H,5-18,23-40H2,1-4H3;(H,6,7). The molecule has 0 radical (unpaired) electrons. The van der Waals surface area contributed by atoms with Crippen molar-refractivity contribution in [3.63, 3.8) is 0 Å². The third-order valence-electron chi connectivity index (χ3n) is 8.93. The molecule has 0 aromatic heterocycles. The van der Waals surface area contributed by atoms with E-state index in [9.17, 15) is 13.2 Å². The van der Waals surface area contributed by atoms with Crippen molar-refractivity contribution >= 4 is 5.97 Å². The molecule has 0 aliphatic rings. The van der Waals surface area contributed by atoms with Crippen LogP contribution in [0.4, 0.5) is 13.2 Å². The summed E-state index contributed by atoms with van der Waals surface area (Å²) in [6, 6.07) is 0. The average molecular weight is 734 g/mol. The fourth-order valence-electron chi connectivity index (χ4n) is 5.83. The zero-order chi connectivity index (χ0) is 38.1. The summed E-state index contributed by atoms with van der Waals surface area (Å²) in [4.78, 5) is 11.1. The summed E-state index contributed by atoms with van der Waals surface area (Å²) in [7, 11) is 4.26. The molecule has 0 spiro atoms. The molecule has 0 rings (SSSR count). The quantitative estimate of drug-likeness (QED) is 0.0509. The van der Waals surface area contributed by atoms with Crippen molar-refractivity contribution in [2.24, 2.45) is 0 Å². The second kappa shape index (κ2) is 41.4. The Labute approximate surface area is 313 Å². The highest BCUT2D eigenvalue weighted by Gasteiger charge is 2.38. The Hall–Kier alpha value is -1.38. The number of halogens is 3. The second-order valence-electron chi connectivity index (χ2n) is 14.5. The Balaban J connectivity index is 0. The minimum Gasteiger partial charge on any atom is -0.475 e. The monoisotopic (exact) mass is 734 g/mol. The first-order chi connectivity index (χ1) is 24.6. The normalized spacial score (nSPS) is 12.6. The molecular formula is C43H82F3NO4. The van der Waals surface area contributed by atoms with Crippen LogP contribution in [0.3, 0.4) is 0 Å². The molecule has 0 saturated heterocycles. The Kier molecular flexibility index (Phi) is 42.0. The molecule has 0 saturated carbocycles. The molecule has 0 fully saturated rings. The van der Waals surface area contributed by atoms with Crippen LogP contribution in [0.1, 0.15) is 194 Å². The molecule has 0 aromatic carbocycles. The molecular weight excluding hydrogens is 651 g/mol. The summed E-state index contributed by atoms with van der Waals surface area (Å²) in [6.45, 7) is 8.00. The summed E-state index contributed by atoms with van der Waals surface area (Å²) in [6.07, 6.45) is 42.5. The van der Waals surface area contributed by atoms with E-state index in [0.29, 0.717) is 0 Å². The van der Waals surface area contributed by atoms with E-state index in [4.69, 9.17) is 19.4 Å². The number of aliphatic carboxylic acids is 1. The van der Waals surface area contributed by atoms with Crippen molar-refractivity contribution in [1.29, 1.82) is 0 Å². The van der Waals surface area contributed by atoms with Crippen LogP contribution in [0.5, 0.6) is 0 Å². The number of unbranched alkanes of at least 4 members (excludes halogenated alkanes) is 24. The van der Waals surface area contributed by atoms with Crippen molar-refractivity contribution in [3.05, 3.63) is 24.3 Å². The highest BCUT2D eigenvalue weighted by atomic mass is 19.4. The zero-order valence-corrected chi connectivity index (χ0v) is 33.8. The SMILES string of the molecule is CCCCCCCCC=CCCCCCCCCOCC(CN(C)C)OCCCCCCCCC=CCCCCCCCC.O=C(O)C(F)(F)F. The first-order valence-electron chi connectivity index (χ1n) is 21.1. The van der Waals surface area contributed by atoms with E-state index in [1.54, 1.807) is 0 Å². The van der Waals surface area contributed by atoms with Crippen molar-refractivity contribution in [2.75, 3.05) is 40.5 Å². The highest BCUT2D eigenvalue weighted by Crippen LogP contribution is 2.14. The molecule has 0 aromatic rings. The Morgan fingerprint density at radius 3 is 1.22 bits per heavy atom. The van der Waals surface area contributed by atoms with Crippen LogP contribution in [-0.2, 0) is 14.3 Å². The van der Waals surface area contributed by atoms with Gasteiger partial charge in [0.1, 0.15) is 0 Å². The predicted octanol–water partition coefficient (Wildman–Crippen LogP) is 13.7. The summed E-state index contributed by atoms with van der Waals surface area (Å²) < 4.78 is 44.0. The number of hydrogen-bond acceptors (Lipinski definition) is 4. The summed E-state index contributed by atoms with van der Waals surface area (Å²) in [5, 5.41) is 7.12. The first-order valence-corrected chi connectivity index (χ1v) is 21.1. The molecule has 1 atom stereocenters. The maximum absolute atomic E-state index is 10.6. The van der Waals surface area contributed by atoms with Crippen LogP contribution in [0.25, 0.3) is 0 Å². The summed E-state index contributed by atoms with van der Waals surface area (Å²) in [5.41, 5.74) is 0. The second-order valence-corrected chi connectivity index (χ2v) is 14.5.